The molecule has 4 nitrogen and oxygen atoms in total. The van der Waals surface area contributed by atoms with E-state index >= 15 is 0 Å². The molecule has 1 rings (SSSR count). The van der Waals surface area contributed by atoms with Crippen LogP contribution in [0.15, 0.2) is 12.3 Å². The van der Waals surface area contributed by atoms with E-state index in [0.717, 1.165) is 13.0 Å². The molecule has 0 aromatic carbocycles. The molecule has 15 heavy (non-hydrogen) atoms. The summed E-state index contributed by atoms with van der Waals surface area (Å²) in [6.45, 7) is 2.95. The summed E-state index contributed by atoms with van der Waals surface area (Å²) < 4.78 is 1.89. The molecule has 0 aliphatic heterocycles. The van der Waals surface area contributed by atoms with Crippen LogP contribution < -0.4 is 5.73 Å². The first-order chi connectivity index (χ1) is 7.02. The Morgan fingerprint density at radius 1 is 1.73 bits per heavy atom. The Balaban J connectivity index is 2.44. The first-order valence-electron chi connectivity index (χ1n) is 4.99. The Bertz CT molecular complexity index is 334. The van der Waals surface area contributed by atoms with E-state index < -0.39 is 0 Å². The Kier molecular flexibility index (Phi) is 4.23. The van der Waals surface area contributed by atoms with Gasteiger partial charge in [-0.3, -0.25) is 9.58 Å². The number of hydrogen-bond acceptors (Lipinski definition) is 3. The fourth-order valence-corrected chi connectivity index (χ4v) is 1.53. The van der Waals surface area contributed by atoms with E-state index in [-0.39, 0.29) is 6.04 Å². The van der Waals surface area contributed by atoms with Crippen molar-refractivity contribution in [2.24, 2.45) is 12.8 Å². The molecule has 0 saturated carbocycles. The predicted molar refractivity (Wildman–Crippen MR) is 65.8 cm³/mol. The second-order valence-electron chi connectivity index (χ2n) is 3.76. The third-order valence-electron chi connectivity index (χ3n) is 2.72. The lowest BCUT2D eigenvalue weighted by atomic mass is 10.2. The van der Waals surface area contributed by atoms with E-state index in [9.17, 15) is 0 Å². The summed E-state index contributed by atoms with van der Waals surface area (Å²) in [7, 11) is 3.98. The van der Waals surface area contributed by atoms with Gasteiger partial charge < -0.3 is 5.73 Å². The van der Waals surface area contributed by atoms with Crippen LogP contribution in [0, 0.1) is 0 Å². The number of rotatable bonds is 5. The average molecular weight is 226 g/mol. The summed E-state index contributed by atoms with van der Waals surface area (Å²) in [5.41, 5.74) is 6.81. The maximum Gasteiger partial charge on any atom is 0.0899 e. The molecule has 0 aliphatic rings. The van der Waals surface area contributed by atoms with Gasteiger partial charge in [0.1, 0.15) is 0 Å². The largest absolute Gasteiger partial charge is 0.392 e. The second kappa shape index (κ2) is 5.23. The minimum absolute atomic E-state index is 0.147. The van der Waals surface area contributed by atoms with Crippen LogP contribution in [0.1, 0.15) is 12.6 Å². The van der Waals surface area contributed by atoms with Crippen LogP contribution in [-0.4, -0.2) is 39.3 Å². The van der Waals surface area contributed by atoms with Crippen LogP contribution in [0.2, 0.25) is 0 Å². The lowest BCUT2D eigenvalue weighted by molar-refractivity contribution is 0.313. The van der Waals surface area contributed by atoms with E-state index in [0.29, 0.717) is 4.99 Å². The number of aromatic nitrogens is 2. The first-order valence-corrected chi connectivity index (χ1v) is 5.39. The SMILES string of the molecule is CC(C(N)=S)N(C)CCc1ccnn1C. The zero-order chi connectivity index (χ0) is 11.4. The molecule has 84 valence electrons. The molecular weight excluding hydrogens is 208 g/mol. The summed E-state index contributed by atoms with van der Waals surface area (Å²) in [5.74, 6) is 0. The van der Waals surface area contributed by atoms with Crippen LogP contribution in [0.25, 0.3) is 0 Å². The van der Waals surface area contributed by atoms with Crippen LogP contribution in [-0.2, 0) is 13.5 Å². The highest BCUT2D eigenvalue weighted by Crippen LogP contribution is 2.02. The highest BCUT2D eigenvalue weighted by molar-refractivity contribution is 7.80. The van der Waals surface area contributed by atoms with E-state index in [1.165, 1.54) is 5.69 Å². The molecule has 0 saturated heterocycles. The highest BCUT2D eigenvalue weighted by atomic mass is 32.1. The quantitative estimate of drug-likeness (QED) is 0.746. The molecule has 1 unspecified atom stereocenters. The average Bonchev–Trinajstić information content (AvgIpc) is 2.59. The van der Waals surface area contributed by atoms with Gasteiger partial charge in [-0.25, -0.2) is 0 Å². The van der Waals surface area contributed by atoms with Gasteiger partial charge in [0.2, 0.25) is 0 Å². The fourth-order valence-electron chi connectivity index (χ4n) is 1.35. The molecule has 0 amide bonds. The van der Waals surface area contributed by atoms with E-state index in [4.69, 9.17) is 18.0 Å². The van der Waals surface area contributed by atoms with Crippen LogP contribution in [0.4, 0.5) is 0 Å². The van der Waals surface area contributed by atoms with Gasteiger partial charge in [0.25, 0.3) is 0 Å². The normalized spacial score (nSPS) is 13.1. The molecule has 1 heterocycles. The Hall–Kier alpha value is -0.940. The van der Waals surface area contributed by atoms with Gasteiger partial charge in [0.15, 0.2) is 0 Å². The maximum atomic E-state index is 5.59. The van der Waals surface area contributed by atoms with Crippen LogP contribution in [0.3, 0.4) is 0 Å². The first kappa shape index (κ1) is 12.1. The van der Waals surface area contributed by atoms with Crippen molar-refractivity contribution in [1.82, 2.24) is 14.7 Å². The molecule has 0 aliphatic carbocycles. The van der Waals surface area contributed by atoms with Crippen molar-refractivity contribution >= 4 is 17.2 Å². The van der Waals surface area contributed by atoms with Gasteiger partial charge in [-0.1, -0.05) is 12.2 Å². The summed E-state index contributed by atoms with van der Waals surface area (Å²) in [5, 5.41) is 4.12. The number of hydrogen-bond donors (Lipinski definition) is 1. The van der Waals surface area contributed by atoms with Crippen molar-refractivity contribution < 1.29 is 0 Å². The van der Waals surface area contributed by atoms with Gasteiger partial charge >= 0.3 is 0 Å². The standard InChI is InChI=1S/C10H18N4S/c1-8(10(11)15)13(2)7-5-9-4-6-12-14(9)3/h4,6,8H,5,7H2,1-3H3,(H2,11,15). The molecule has 0 fully saturated rings. The van der Waals surface area contributed by atoms with Crippen molar-refractivity contribution in [3.05, 3.63) is 18.0 Å². The van der Waals surface area contributed by atoms with Gasteiger partial charge in [-0.05, 0) is 20.0 Å². The zero-order valence-corrected chi connectivity index (χ0v) is 10.3. The molecule has 1 aromatic heterocycles. The smallest absolute Gasteiger partial charge is 0.0899 e. The van der Waals surface area contributed by atoms with Crippen molar-refractivity contribution in [3.8, 4) is 0 Å². The third kappa shape index (κ3) is 3.28. The molecule has 5 heteroatoms. The summed E-state index contributed by atoms with van der Waals surface area (Å²) in [4.78, 5) is 2.69. The molecule has 1 atom stereocenters. The number of nitrogens with two attached hydrogens (primary N) is 1. The summed E-state index contributed by atoms with van der Waals surface area (Å²) in [6.07, 6.45) is 2.77. The van der Waals surface area contributed by atoms with Crippen molar-refractivity contribution in [2.45, 2.75) is 19.4 Å². The van der Waals surface area contributed by atoms with E-state index in [1.54, 1.807) is 0 Å². The maximum absolute atomic E-state index is 5.59. The number of aryl methyl sites for hydroxylation is 1. The lowest BCUT2D eigenvalue weighted by Gasteiger charge is -2.23. The topological polar surface area (TPSA) is 47.1 Å². The minimum atomic E-state index is 0.147. The molecule has 2 N–H and O–H groups in total. The number of nitrogens with zero attached hydrogens (tertiary/aromatic N) is 3. The number of thiocarbonyl (C=S) groups is 1. The Morgan fingerprint density at radius 2 is 2.40 bits per heavy atom. The summed E-state index contributed by atoms with van der Waals surface area (Å²) in [6, 6.07) is 2.17. The highest BCUT2D eigenvalue weighted by Gasteiger charge is 2.11. The Labute approximate surface area is 96.1 Å². The predicted octanol–water partition coefficient (Wildman–Crippen LogP) is 0.569. The van der Waals surface area contributed by atoms with Crippen LogP contribution >= 0.6 is 12.2 Å². The lowest BCUT2D eigenvalue weighted by Crippen LogP contribution is -2.40. The van der Waals surface area contributed by atoms with Gasteiger partial charge in [0.05, 0.1) is 11.0 Å². The van der Waals surface area contributed by atoms with Crippen molar-refractivity contribution in [3.63, 3.8) is 0 Å². The zero-order valence-electron chi connectivity index (χ0n) is 9.47. The van der Waals surface area contributed by atoms with Gasteiger partial charge in [-0.2, -0.15) is 5.10 Å². The number of likely N-dealkylation sites (N-methyl/N-ethyl adjacent to an activating group) is 1. The second-order valence-corrected chi connectivity index (χ2v) is 4.23. The molecule has 0 radical (unpaired) electrons. The third-order valence-corrected chi connectivity index (χ3v) is 3.06. The molecule has 1 aromatic rings. The van der Waals surface area contributed by atoms with E-state index in [1.807, 2.05) is 38.0 Å². The van der Waals surface area contributed by atoms with Crippen molar-refractivity contribution in [2.75, 3.05) is 13.6 Å². The fraction of sp³-hybridized carbons (Fsp3) is 0.600. The van der Waals surface area contributed by atoms with Crippen molar-refractivity contribution in [1.29, 1.82) is 0 Å². The van der Waals surface area contributed by atoms with Crippen LogP contribution in [0.5, 0.6) is 0 Å². The summed E-state index contributed by atoms with van der Waals surface area (Å²) >= 11 is 4.95. The molecule has 0 bridgehead atoms. The van der Waals surface area contributed by atoms with Gasteiger partial charge in [0, 0.05) is 31.9 Å². The molecular formula is C10H18N4S. The minimum Gasteiger partial charge on any atom is -0.392 e. The molecule has 0 spiro atoms. The van der Waals surface area contributed by atoms with E-state index in [2.05, 4.69) is 10.00 Å². The Morgan fingerprint density at radius 3 is 2.87 bits per heavy atom. The van der Waals surface area contributed by atoms with Gasteiger partial charge in [-0.15, -0.1) is 0 Å². The monoisotopic (exact) mass is 226 g/mol.